The third-order valence-electron chi connectivity index (χ3n) is 3.65. The van der Waals surface area contributed by atoms with Crippen LogP contribution in [0.1, 0.15) is 11.1 Å². The van der Waals surface area contributed by atoms with Gasteiger partial charge < -0.3 is 4.74 Å². The lowest BCUT2D eigenvalue weighted by Crippen LogP contribution is -2.01. The lowest BCUT2D eigenvalue weighted by Gasteiger charge is -2.09. The summed E-state index contributed by atoms with van der Waals surface area (Å²) in [4.78, 5) is 14.4. The van der Waals surface area contributed by atoms with Crippen molar-refractivity contribution in [1.82, 2.24) is 4.98 Å². The van der Waals surface area contributed by atoms with Crippen LogP contribution in [-0.4, -0.2) is 16.1 Å². The van der Waals surface area contributed by atoms with Gasteiger partial charge in [0.15, 0.2) is 0 Å². The molecule has 0 saturated heterocycles. The Morgan fingerprint density at radius 3 is 2.75 bits per heavy atom. The first-order chi connectivity index (χ1) is 13.5. The van der Waals surface area contributed by atoms with Gasteiger partial charge in [0.25, 0.3) is 0 Å². The maximum Gasteiger partial charge on any atom is 0.313 e. The van der Waals surface area contributed by atoms with E-state index in [1.54, 1.807) is 18.2 Å². The number of nitro groups is 1. The maximum absolute atomic E-state index is 11.0. The van der Waals surface area contributed by atoms with Crippen molar-refractivity contribution >= 4 is 40.9 Å². The quantitative estimate of drug-likeness (QED) is 0.319. The number of hydrazone groups is 1. The zero-order valence-electron chi connectivity index (χ0n) is 14.4. The third kappa shape index (κ3) is 4.97. The second-order valence-corrected chi connectivity index (χ2v) is 6.39. The molecule has 7 nitrogen and oxygen atoms in total. The molecule has 0 bridgehead atoms. The molecule has 1 N–H and O–H groups in total. The first kappa shape index (κ1) is 19.6. The van der Waals surface area contributed by atoms with Gasteiger partial charge >= 0.3 is 5.69 Å². The lowest BCUT2D eigenvalue weighted by molar-refractivity contribution is -0.384. The Morgan fingerprint density at radius 2 is 1.96 bits per heavy atom. The van der Waals surface area contributed by atoms with Gasteiger partial charge in [-0.05, 0) is 35.9 Å². The summed E-state index contributed by atoms with van der Waals surface area (Å²) in [5.41, 5.74) is 3.98. The first-order valence-electron chi connectivity index (χ1n) is 8.09. The van der Waals surface area contributed by atoms with E-state index in [0.717, 1.165) is 5.56 Å². The third-order valence-corrected chi connectivity index (χ3v) is 4.39. The van der Waals surface area contributed by atoms with Crippen LogP contribution in [0.25, 0.3) is 0 Å². The minimum Gasteiger partial charge on any atom is -0.488 e. The van der Waals surface area contributed by atoms with Crippen LogP contribution in [0, 0.1) is 10.1 Å². The summed E-state index contributed by atoms with van der Waals surface area (Å²) in [5.74, 6) is 0.646. The molecular formula is C19H14Cl2N4O3. The summed E-state index contributed by atoms with van der Waals surface area (Å²) in [6.45, 7) is 0.293. The van der Waals surface area contributed by atoms with Crippen molar-refractivity contribution in [1.29, 1.82) is 0 Å². The Morgan fingerprint density at radius 1 is 1.14 bits per heavy atom. The smallest absolute Gasteiger partial charge is 0.313 e. The zero-order valence-corrected chi connectivity index (χ0v) is 15.9. The molecule has 1 aromatic heterocycles. The zero-order chi connectivity index (χ0) is 19.9. The molecule has 0 aliphatic rings. The molecule has 3 rings (SSSR count). The lowest BCUT2D eigenvalue weighted by atomic mass is 10.2. The molecule has 0 aliphatic carbocycles. The molecule has 0 spiro atoms. The highest BCUT2D eigenvalue weighted by Gasteiger charge is 2.13. The molecule has 0 radical (unpaired) electrons. The number of nitrogens with one attached hydrogen (secondary N) is 1. The Labute approximate surface area is 170 Å². The van der Waals surface area contributed by atoms with Crippen LogP contribution in [0.5, 0.6) is 5.75 Å². The number of ether oxygens (including phenoxy) is 1. The molecule has 0 fully saturated rings. The SMILES string of the molecule is O=[N+]([O-])c1cccnc1N/N=C\c1ccccc1OCc1ccc(Cl)c(Cl)c1. The number of benzene rings is 2. The summed E-state index contributed by atoms with van der Waals surface area (Å²) >= 11 is 11.9. The fourth-order valence-corrected chi connectivity index (χ4v) is 2.62. The summed E-state index contributed by atoms with van der Waals surface area (Å²) in [6.07, 6.45) is 2.95. The second-order valence-electron chi connectivity index (χ2n) is 5.57. The highest BCUT2D eigenvalue weighted by atomic mass is 35.5. The van der Waals surface area contributed by atoms with Crippen LogP contribution in [0.15, 0.2) is 65.9 Å². The number of nitrogens with zero attached hydrogens (tertiary/aromatic N) is 3. The van der Waals surface area contributed by atoms with Gasteiger partial charge in [-0.15, -0.1) is 0 Å². The number of halogens is 2. The average molecular weight is 417 g/mol. The van der Waals surface area contributed by atoms with Gasteiger partial charge in [0.05, 0.1) is 21.2 Å². The predicted molar refractivity (Wildman–Crippen MR) is 109 cm³/mol. The Bertz CT molecular complexity index is 1030. The van der Waals surface area contributed by atoms with Crippen LogP contribution in [0.2, 0.25) is 10.0 Å². The molecule has 1 heterocycles. The summed E-state index contributed by atoms with van der Waals surface area (Å²) in [5, 5.41) is 16.0. The normalized spacial score (nSPS) is 10.8. The van der Waals surface area contributed by atoms with E-state index in [1.165, 1.54) is 24.5 Å². The van der Waals surface area contributed by atoms with E-state index in [9.17, 15) is 10.1 Å². The number of para-hydroxylation sites is 1. The van der Waals surface area contributed by atoms with Crippen molar-refractivity contribution in [3.05, 3.63) is 92.1 Å². The summed E-state index contributed by atoms with van der Waals surface area (Å²) in [6, 6.07) is 15.4. The van der Waals surface area contributed by atoms with E-state index in [0.29, 0.717) is 28.0 Å². The van der Waals surface area contributed by atoms with Crippen LogP contribution in [0.3, 0.4) is 0 Å². The highest BCUT2D eigenvalue weighted by molar-refractivity contribution is 6.42. The van der Waals surface area contributed by atoms with Gasteiger partial charge in [-0.1, -0.05) is 41.4 Å². The molecule has 28 heavy (non-hydrogen) atoms. The van der Waals surface area contributed by atoms with Crippen LogP contribution >= 0.6 is 23.2 Å². The van der Waals surface area contributed by atoms with Gasteiger partial charge in [-0.2, -0.15) is 5.10 Å². The molecule has 0 amide bonds. The standard InChI is InChI=1S/C19H14Cl2N4O3/c20-15-8-7-13(10-16(15)21)12-28-18-6-2-1-4-14(18)11-23-24-19-17(25(26)27)5-3-9-22-19/h1-11H,12H2,(H,22,24)/b23-11-. The van der Waals surface area contributed by atoms with Crippen LogP contribution < -0.4 is 10.2 Å². The highest BCUT2D eigenvalue weighted by Crippen LogP contribution is 2.24. The molecule has 0 aliphatic heterocycles. The average Bonchev–Trinajstić information content (AvgIpc) is 2.70. The minimum atomic E-state index is -0.529. The maximum atomic E-state index is 11.0. The monoisotopic (exact) mass is 416 g/mol. The van der Waals surface area contributed by atoms with E-state index < -0.39 is 4.92 Å². The van der Waals surface area contributed by atoms with Crippen molar-refractivity contribution in [2.45, 2.75) is 6.61 Å². The van der Waals surface area contributed by atoms with Crippen molar-refractivity contribution in [2.24, 2.45) is 5.10 Å². The second kappa shape index (κ2) is 9.16. The minimum absolute atomic E-state index is 0.0537. The van der Waals surface area contributed by atoms with Crippen molar-refractivity contribution in [3.8, 4) is 5.75 Å². The van der Waals surface area contributed by atoms with Gasteiger partial charge in [0.2, 0.25) is 5.82 Å². The van der Waals surface area contributed by atoms with Crippen LogP contribution in [0.4, 0.5) is 11.5 Å². The Hall–Kier alpha value is -3.16. The molecule has 9 heteroatoms. The Balaban J connectivity index is 1.71. The number of pyridine rings is 1. The van der Waals surface area contributed by atoms with E-state index >= 15 is 0 Å². The van der Waals surface area contributed by atoms with Crippen molar-refractivity contribution in [3.63, 3.8) is 0 Å². The summed E-state index contributed by atoms with van der Waals surface area (Å²) in [7, 11) is 0. The number of rotatable bonds is 7. The molecule has 142 valence electrons. The number of hydrogen-bond acceptors (Lipinski definition) is 6. The van der Waals surface area contributed by atoms with Gasteiger partial charge in [-0.3, -0.25) is 15.5 Å². The predicted octanol–water partition coefficient (Wildman–Crippen LogP) is 5.32. The van der Waals surface area contributed by atoms with E-state index in [1.807, 2.05) is 24.3 Å². The van der Waals surface area contributed by atoms with E-state index in [-0.39, 0.29) is 11.5 Å². The number of hydrogen-bond donors (Lipinski definition) is 1. The van der Waals surface area contributed by atoms with Gasteiger partial charge in [0.1, 0.15) is 12.4 Å². The van der Waals surface area contributed by atoms with Gasteiger partial charge in [0, 0.05) is 17.8 Å². The summed E-state index contributed by atoms with van der Waals surface area (Å²) < 4.78 is 5.84. The first-order valence-corrected chi connectivity index (χ1v) is 8.84. The van der Waals surface area contributed by atoms with Crippen molar-refractivity contribution < 1.29 is 9.66 Å². The Kier molecular flexibility index (Phi) is 6.41. The fraction of sp³-hybridized carbons (Fsp3) is 0.0526. The molecule has 3 aromatic rings. The van der Waals surface area contributed by atoms with E-state index in [2.05, 4.69) is 15.5 Å². The topological polar surface area (TPSA) is 89.7 Å². The number of aromatic nitrogens is 1. The molecule has 2 aromatic carbocycles. The van der Waals surface area contributed by atoms with E-state index in [4.69, 9.17) is 27.9 Å². The number of anilines is 1. The fourth-order valence-electron chi connectivity index (χ4n) is 2.30. The molecule has 0 atom stereocenters. The largest absolute Gasteiger partial charge is 0.488 e. The van der Waals surface area contributed by atoms with Crippen molar-refractivity contribution in [2.75, 3.05) is 5.43 Å². The molecule has 0 saturated carbocycles. The van der Waals surface area contributed by atoms with Crippen LogP contribution in [-0.2, 0) is 6.61 Å². The molecular weight excluding hydrogens is 403 g/mol. The van der Waals surface area contributed by atoms with Gasteiger partial charge in [-0.25, -0.2) is 4.98 Å². The molecule has 0 unspecified atom stereocenters.